The molecule has 1 unspecified atom stereocenters. The predicted octanol–water partition coefficient (Wildman–Crippen LogP) is 1.49. The molecule has 1 atom stereocenters. The van der Waals surface area contributed by atoms with E-state index in [2.05, 4.69) is 25.8 Å². The smallest absolute Gasteiger partial charge is 0.0524 e. The summed E-state index contributed by atoms with van der Waals surface area (Å²) >= 11 is 0. The zero-order valence-electron chi connectivity index (χ0n) is 10.7. The van der Waals surface area contributed by atoms with Crippen molar-refractivity contribution in [3.63, 3.8) is 0 Å². The first-order valence-corrected chi connectivity index (χ1v) is 5.97. The Kier molecular flexibility index (Phi) is 7.14. The van der Waals surface area contributed by atoms with Crippen LogP contribution in [0, 0.1) is 5.41 Å². The largest absolute Gasteiger partial charge is 0.396 e. The molecule has 0 spiro atoms. The quantitative estimate of drug-likeness (QED) is 0.647. The summed E-state index contributed by atoms with van der Waals surface area (Å²) < 4.78 is 0. The van der Waals surface area contributed by atoms with Crippen molar-refractivity contribution < 1.29 is 10.2 Å². The Hall–Kier alpha value is -0.120. The highest BCUT2D eigenvalue weighted by molar-refractivity contribution is 4.79. The molecule has 0 saturated heterocycles. The van der Waals surface area contributed by atoms with E-state index in [1.54, 1.807) is 0 Å². The van der Waals surface area contributed by atoms with E-state index in [-0.39, 0.29) is 18.1 Å². The fourth-order valence-electron chi connectivity index (χ4n) is 1.81. The fourth-order valence-corrected chi connectivity index (χ4v) is 1.81. The summed E-state index contributed by atoms with van der Waals surface area (Å²) in [5.41, 5.74) is 0.0352. The SMILES string of the molecule is CCC(CC)(CO)CN(C)CCC(C)O. The predicted molar refractivity (Wildman–Crippen MR) is 63.9 cm³/mol. The molecular weight excluding hydrogens is 190 g/mol. The number of aliphatic hydroxyl groups excluding tert-OH is 2. The van der Waals surface area contributed by atoms with E-state index >= 15 is 0 Å². The standard InChI is InChI=1S/C12H27NO2/c1-5-12(6-2,10-14)9-13(4)8-7-11(3)15/h11,14-15H,5-10H2,1-4H3. The van der Waals surface area contributed by atoms with E-state index < -0.39 is 0 Å². The van der Waals surface area contributed by atoms with Gasteiger partial charge in [0, 0.05) is 25.1 Å². The first kappa shape index (κ1) is 14.9. The van der Waals surface area contributed by atoms with E-state index in [0.29, 0.717) is 0 Å². The maximum atomic E-state index is 9.43. The van der Waals surface area contributed by atoms with Crippen LogP contribution in [0.5, 0.6) is 0 Å². The van der Waals surface area contributed by atoms with Crippen molar-refractivity contribution in [2.75, 3.05) is 26.7 Å². The lowest BCUT2D eigenvalue weighted by Crippen LogP contribution is -2.38. The van der Waals surface area contributed by atoms with E-state index in [0.717, 1.165) is 32.4 Å². The summed E-state index contributed by atoms with van der Waals surface area (Å²) in [7, 11) is 2.05. The van der Waals surface area contributed by atoms with Gasteiger partial charge in [-0.15, -0.1) is 0 Å². The van der Waals surface area contributed by atoms with Crippen LogP contribution in [0.25, 0.3) is 0 Å². The number of aliphatic hydroxyl groups is 2. The Morgan fingerprint density at radius 1 is 1.27 bits per heavy atom. The van der Waals surface area contributed by atoms with Gasteiger partial charge in [-0.25, -0.2) is 0 Å². The van der Waals surface area contributed by atoms with Gasteiger partial charge in [0.2, 0.25) is 0 Å². The Morgan fingerprint density at radius 2 is 1.80 bits per heavy atom. The molecule has 0 aromatic carbocycles. The van der Waals surface area contributed by atoms with Crippen LogP contribution in [0.15, 0.2) is 0 Å². The number of hydrogen-bond donors (Lipinski definition) is 2. The molecule has 0 fully saturated rings. The van der Waals surface area contributed by atoms with Gasteiger partial charge in [-0.3, -0.25) is 0 Å². The fraction of sp³-hybridized carbons (Fsp3) is 1.00. The molecule has 0 radical (unpaired) electrons. The van der Waals surface area contributed by atoms with Gasteiger partial charge < -0.3 is 15.1 Å². The first-order chi connectivity index (χ1) is 6.99. The van der Waals surface area contributed by atoms with Crippen LogP contribution in [0.4, 0.5) is 0 Å². The third-order valence-corrected chi connectivity index (χ3v) is 3.37. The molecule has 0 aliphatic carbocycles. The second kappa shape index (κ2) is 7.20. The minimum atomic E-state index is -0.237. The van der Waals surface area contributed by atoms with Gasteiger partial charge in [0.1, 0.15) is 0 Å². The van der Waals surface area contributed by atoms with Crippen molar-refractivity contribution in [2.45, 2.75) is 46.1 Å². The summed E-state index contributed by atoms with van der Waals surface area (Å²) in [6, 6.07) is 0. The molecular formula is C12H27NO2. The second-order valence-corrected chi connectivity index (χ2v) is 4.74. The van der Waals surface area contributed by atoms with Gasteiger partial charge in [-0.1, -0.05) is 13.8 Å². The monoisotopic (exact) mass is 217 g/mol. The molecule has 0 aliphatic rings. The molecule has 0 bridgehead atoms. The van der Waals surface area contributed by atoms with Gasteiger partial charge in [0.05, 0.1) is 6.10 Å². The molecule has 92 valence electrons. The van der Waals surface area contributed by atoms with Crippen LogP contribution in [-0.2, 0) is 0 Å². The average molecular weight is 217 g/mol. The molecule has 3 heteroatoms. The summed E-state index contributed by atoms with van der Waals surface area (Å²) in [5.74, 6) is 0. The van der Waals surface area contributed by atoms with Crippen LogP contribution >= 0.6 is 0 Å². The molecule has 0 aromatic rings. The molecule has 0 aromatic heterocycles. The van der Waals surface area contributed by atoms with Gasteiger partial charge in [0.15, 0.2) is 0 Å². The van der Waals surface area contributed by atoms with Crippen molar-refractivity contribution in [3.05, 3.63) is 0 Å². The molecule has 0 amide bonds. The van der Waals surface area contributed by atoms with Crippen LogP contribution in [0.1, 0.15) is 40.0 Å². The van der Waals surface area contributed by atoms with Crippen molar-refractivity contribution in [2.24, 2.45) is 5.41 Å². The van der Waals surface area contributed by atoms with Gasteiger partial charge >= 0.3 is 0 Å². The third-order valence-electron chi connectivity index (χ3n) is 3.37. The van der Waals surface area contributed by atoms with E-state index in [1.165, 1.54) is 0 Å². The highest BCUT2D eigenvalue weighted by Gasteiger charge is 2.26. The van der Waals surface area contributed by atoms with E-state index in [1.807, 2.05) is 6.92 Å². The van der Waals surface area contributed by atoms with Gasteiger partial charge in [-0.05, 0) is 33.2 Å². The van der Waals surface area contributed by atoms with Gasteiger partial charge in [-0.2, -0.15) is 0 Å². The molecule has 15 heavy (non-hydrogen) atoms. The summed E-state index contributed by atoms with van der Waals surface area (Å²) in [6.45, 7) is 8.11. The summed E-state index contributed by atoms with van der Waals surface area (Å²) in [5, 5.41) is 18.6. The van der Waals surface area contributed by atoms with Crippen LogP contribution in [0.3, 0.4) is 0 Å². The number of nitrogens with zero attached hydrogens (tertiary/aromatic N) is 1. The lowest BCUT2D eigenvalue weighted by atomic mass is 9.83. The highest BCUT2D eigenvalue weighted by atomic mass is 16.3. The minimum absolute atomic E-state index is 0.0352. The lowest BCUT2D eigenvalue weighted by Gasteiger charge is -2.34. The molecule has 0 rings (SSSR count). The Balaban J connectivity index is 4.05. The Morgan fingerprint density at radius 3 is 2.13 bits per heavy atom. The normalized spacial score (nSPS) is 14.6. The van der Waals surface area contributed by atoms with Crippen molar-refractivity contribution in [1.29, 1.82) is 0 Å². The molecule has 3 nitrogen and oxygen atoms in total. The molecule has 0 heterocycles. The van der Waals surface area contributed by atoms with E-state index in [4.69, 9.17) is 0 Å². The summed E-state index contributed by atoms with van der Waals surface area (Å²) in [6.07, 6.45) is 2.56. The second-order valence-electron chi connectivity index (χ2n) is 4.74. The number of rotatable bonds is 8. The highest BCUT2D eigenvalue weighted by Crippen LogP contribution is 2.26. The maximum absolute atomic E-state index is 9.43. The van der Waals surface area contributed by atoms with Crippen molar-refractivity contribution in [1.82, 2.24) is 4.90 Å². The van der Waals surface area contributed by atoms with Crippen LogP contribution in [-0.4, -0.2) is 48.0 Å². The van der Waals surface area contributed by atoms with Crippen molar-refractivity contribution >= 4 is 0 Å². The average Bonchev–Trinajstić information content (AvgIpc) is 2.23. The topological polar surface area (TPSA) is 43.7 Å². The van der Waals surface area contributed by atoms with Gasteiger partial charge in [0.25, 0.3) is 0 Å². The van der Waals surface area contributed by atoms with E-state index in [9.17, 15) is 10.2 Å². The zero-order valence-corrected chi connectivity index (χ0v) is 10.7. The molecule has 2 N–H and O–H groups in total. The van der Waals surface area contributed by atoms with Crippen molar-refractivity contribution in [3.8, 4) is 0 Å². The van der Waals surface area contributed by atoms with Crippen LogP contribution in [0.2, 0.25) is 0 Å². The number of hydrogen-bond acceptors (Lipinski definition) is 3. The van der Waals surface area contributed by atoms with Crippen LogP contribution < -0.4 is 0 Å². The Labute approximate surface area is 94.1 Å². The summed E-state index contributed by atoms with van der Waals surface area (Å²) in [4.78, 5) is 2.20. The first-order valence-electron chi connectivity index (χ1n) is 5.97. The molecule has 0 aliphatic heterocycles. The minimum Gasteiger partial charge on any atom is -0.396 e. The third kappa shape index (κ3) is 5.50. The zero-order chi connectivity index (χ0) is 11.9. The molecule has 0 saturated carbocycles. The maximum Gasteiger partial charge on any atom is 0.0524 e. The Bertz CT molecular complexity index is 147. The lowest BCUT2D eigenvalue weighted by molar-refractivity contribution is 0.0691.